The molecule has 0 spiro atoms. The number of aromatic nitrogens is 1. The van der Waals surface area contributed by atoms with Gasteiger partial charge in [-0.25, -0.2) is 0 Å². The van der Waals surface area contributed by atoms with Crippen molar-refractivity contribution in [3.05, 3.63) is 32.4 Å². The van der Waals surface area contributed by atoms with E-state index < -0.39 is 28.7 Å². The smallest absolute Gasteiger partial charge is 0.364 e. The number of nitrogens with one attached hydrogen (secondary N) is 1. The lowest BCUT2D eigenvalue weighted by Gasteiger charge is -2.09. The Balaban J connectivity index is 3.01. The van der Waals surface area contributed by atoms with Gasteiger partial charge >= 0.3 is 11.8 Å². The fourth-order valence-corrected chi connectivity index (χ4v) is 1.43. The van der Waals surface area contributed by atoms with Crippen molar-refractivity contribution in [2.45, 2.75) is 13.0 Å². The Hall–Kier alpha value is -2.03. The molecule has 1 aromatic heterocycles. The fourth-order valence-electron chi connectivity index (χ4n) is 1.04. The maximum absolute atomic E-state index is 11.7. The Labute approximate surface area is 109 Å². The van der Waals surface area contributed by atoms with E-state index in [1.165, 1.54) is 6.92 Å². The van der Waals surface area contributed by atoms with Crippen LogP contribution < -0.4 is 5.32 Å². The van der Waals surface area contributed by atoms with Gasteiger partial charge in [0, 0.05) is 6.07 Å². The Bertz CT molecular complexity index is 519. The SMILES string of the molecule is C[C@@H](NC(=O)c1cc([N+](=O)[O-])ncc1Br)C(=O)O. The van der Waals surface area contributed by atoms with Crippen molar-refractivity contribution in [2.75, 3.05) is 0 Å². The maximum atomic E-state index is 11.7. The Morgan fingerprint density at radius 1 is 1.61 bits per heavy atom. The van der Waals surface area contributed by atoms with Gasteiger partial charge < -0.3 is 20.5 Å². The van der Waals surface area contributed by atoms with Crippen molar-refractivity contribution in [1.82, 2.24) is 10.3 Å². The molecular weight excluding hydrogens is 310 g/mol. The molecule has 18 heavy (non-hydrogen) atoms. The first-order chi connectivity index (χ1) is 8.32. The number of halogens is 1. The van der Waals surface area contributed by atoms with Crippen molar-refractivity contribution in [3.8, 4) is 0 Å². The third-order valence-corrected chi connectivity index (χ3v) is 2.62. The molecule has 0 radical (unpaired) electrons. The average Bonchev–Trinajstić information content (AvgIpc) is 2.28. The van der Waals surface area contributed by atoms with Gasteiger partial charge in [-0.1, -0.05) is 0 Å². The molecule has 0 saturated carbocycles. The van der Waals surface area contributed by atoms with Gasteiger partial charge in [0.25, 0.3) is 5.91 Å². The summed E-state index contributed by atoms with van der Waals surface area (Å²) >= 11 is 3.01. The summed E-state index contributed by atoms with van der Waals surface area (Å²) in [5.41, 5.74) is -0.0511. The van der Waals surface area contributed by atoms with Crippen LogP contribution >= 0.6 is 15.9 Å². The van der Waals surface area contributed by atoms with Crippen LogP contribution in [0.25, 0.3) is 0 Å². The number of nitro groups is 1. The first kappa shape index (κ1) is 14.0. The van der Waals surface area contributed by atoms with Gasteiger partial charge in [-0.2, -0.15) is 0 Å². The molecule has 0 aliphatic carbocycles. The minimum absolute atomic E-state index is 0.0511. The number of carbonyl (C=O) groups is 2. The average molecular weight is 318 g/mol. The molecule has 0 saturated heterocycles. The normalized spacial score (nSPS) is 11.7. The van der Waals surface area contributed by atoms with Crippen LogP contribution in [0.3, 0.4) is 0 Å². The Kier molecular flexibility index (Phi) is 4.32. The van der Waals surface area contributed by atoms with Crippen molar-refractivity contribution in [3.63, 3.8) is 0 Å². The first-order valence-electron chi connectivity index (χ1n) is 4.66. The summed E-state index contributed by atoms with van der Waals surface area (Å²) in [6.45, 7) is 1.28. The molecule has 1 rings (SSSR count). The highest BCUT2D eigenvalue weighted by molar-refractivity contribution is 9.10. The van der Waals surface area contributed by atoms with Crippen molar-refractivity contribution >= 4 is 33.6 Å². The monoisotopic (exact) mass is 317 g/mol. The summed E-state index contributed by atoms with van der Waals surface area (Å²) in [6.07, 6.45) is 1.11. The molecule has 0 fully saturated rings. The zero-order chi connectivity index (χ0) is 13.9. The molecule has 1 amide bonds. The molecule has 96 valence electrons. The lowest BCUT2D eigenvalue weighted by Crippen LogP contribution is -2.38. The molecule has 0 bridgehead atoms. The number of amides is 1. The summed E-state index contributed by atoms with van der Waals surface area (Å²) in [6, 6.07) is -0.134. The van der Waals surface area contributed by atoms with E-state index in [2.05, 4.69) is 26.2 Å². The van der Waals surface area contributed by atoms with E-state index in [0.717, 1.165) is 12.3 Å². The zero-order valence-electron chi connectivity index (χ0n) is 9.08. The van der Waals surface area contributed by atoms with Gasteiger partial charge in [0.05, 0.1) is 10.0 Å². The number of carbonyl (C=O) groups excluding carboxylic acids is 1. The van der Waals surface area contributed by atoms with Crippen LogP contribution in [-0.4, -0.2) is 32.9 Å². The largest absolute Gasteiger partial charge is 0.480 e. The number of hydrogen-bond donors (Lipinski definition) is 2. The van der Waals surface area contributed by atoms with Crippen LogP contribution in [0.2, 0.25) is 0 Å². The highest BCUT2D eigenvalue weighted by Crippen LogP contribution is 2.19. The lowest BCUT2D eigenvalue weighted by atomic mass is 10.2. The van der Waals surface area contributed by atoms with E-state index in [-0.39, 0.29) is 10.0 Å². The third-order valence-electron chi connectivity index (χ3n) is 1.99. The second-order valence-electron chi connectivity index (χ2n) is 3.31. The van der Waals surface area contributed by atoms with Crippen molar-refractivity contribution < 1.29 is 19.6 Å². The predicted octanol–water partition coefficient (Wildman–Crippen LogP) is 0.955. The summed E-state index contributed by atoms with van der Waals surface area (Å²) in [5, 5.41) is 21.3. The van der Waals surface area contributed by atoms with E-state index >= 15 is 0 Å². The van der Waals surface area contributed by atoms with Gasteiger partial charge in [-0.15, -0.1) is 0 Å². The molecule has 0 unspecified atom stereocenters. The topological polar surface area (TPSA) is 122 Å². The van der Waals surface area contributed by atoms with Crippen molar-refractivity contribution in [2.24, 2.45) is 0 Å². The van der Waals surface area contributed by atoms with Crippen LogP contribution in [0, 0.1) is 10.1 Å². The Morgan fingerprint density at radius 2 is 2.22 bits per heavy atom. The molecular formula is C9H8BrN3O5. The highest BCUT2D eigenvalue weighted by atomic mass is 79.9. The predicted molar refractivity (Wildman–Crippen MR) is 63.2 cm³/mol. The highest BCUT2D eigenvalue weighted by Gasteiger charge is 2.20. The number of hydrogen-bond acceptors (Lipinski definition) is 5. The molecule has 8 nitrogen and oxygen atoms in total. The summed E-state index contributed by atoms with van der Waals surface area (Å²) in [4.78, 5) is 35.5. The lowest BCUT2D eigenvalue weighted by molar-refractivity contribution is -0.389. The number of pyridine rings is 1. The van der Waals surface area contributed by atoms with E-state index in [1.807, 2.05) is 0 Å². The number of nitrogens with zero attached hydrogens (tertiary/aromatic N) is 2. The van der Waals surface area contributed by atoms with Gasteiger partial charge in [-0.05, 0) is 32.8 Å². The third kappa shape index (κ3) is 3.23. The van der Waals surface area contributed by atoms with E-state index in [0.29, 0.717) is 0 Å². The Morgan fingerprint density at radius 3 is 2.72 bits per heavy atom. The number of carboxylic acid groups (broad SMARTS) is 1. The van der Waals surface area contributed by atoms with Gasteiger partial charge in [0.15, 0.2) is 6.20 Å². The number of aliphatic carboxylic acids is 1. The summed E-state index contributed by atoms with van der Waals surface area (Å²) in [5.74, 6) is -2.43. The minimum atomic E-state index is -1.21. The second-order valence-corrected chi connectivity index (χ2v) is 4.17. The molecule has 9 heteroatoms. The van der Waals surface area contributed by atoms with Gasteiger partial charge in [0.2, 0.25) is 0 Å². The van der Waals surface area contributed by atoms with Crippen LogP contribution in [-0.2, 0) is 4.79 Å². The molecule has 1 aromatic rings. The summed E-state index contributed by atoms with van der Waals surface area (Å²) in [7, 11) is 0. The second kappa shape index (κ2) is 5.54. The molecule has 1 atom stereocenters. The van der Waals surface area contributed by atoms with E-state index in [9.17, 15) is 19.7 Å². The van der Waals surface area contributed by atoms with Crippen molar-refractivity contribution in [1.29, 1.82) is 0 Å². The maximum Gasteiger partial charge on any atom is 0.364 e. The number of rotatable bonds is 4. The standard InChI is InChI=1S/C9H8BrN3O5/c1-4(9(15)16)12-8(14)5-2-7(13(17)18)11-3-6(5)10/h2-4H,1H3,(H,12,14)(H,15,16)/t4-/m1/s1. The first-order valence-corrected chi connectivity index (χ1v) is 5.46. The molecule has 2 N–H and O–H groups in total. The van der Waals surface area contributed by atoms with Crippen LogP contribution in [0.15, 0.2) is 16.7 Å². The molecule has 0 aromatic carbocycles. The van der Waals surface area contributed by atoms with Crippen LogP contribution in [0.1, 0.15) is 17.3 Å². The fraction of sp³-hybridized carbons (Fsp3) is 0.222. The molecule has 0 aliphatic rings. The number of carboxylic acids is 1. The van der Waals surface area contributed by atoms with Crippen LogP contribution in [0.5, 0.6) is 0 Å². The van der Waals surface area contributed by atoms with Gasteiger partial charge in [0.1, 0.15) is 6.04 Å². The minimum Gasteiger partial charge on any atom is -0.480 e. The van der Waals surface area contributed by atoms with Crippen LogP contribution in [0.4, 0.5) is 5.82 Å². The zero-order valence-corrected chi connectivity index (χ0v) is 10.7. The molecule has 0 aliphatic heterocycles. The van der Waals surface area contributed by atoms with E-state index in [4.69, 9.17) is 5.11 Å². The van der Waals surface area contributed by atoms with Gasteiger partial charge in [-0.3, -0.25) is 9.59 Å². The summed E-state index contributed by atoms with van der Waals surface area (Å²) < 4.78 is 0.239. The molecule has 1 heterocycles. The van der Waals surface area contributed by atoms with E-state index in [1.54, 1.807) is 0 Å². The quantitative estimate of drug-likeness (QED) is 0.629.